The Balaban J connectivity index is -0.00000104. The van der Waals surface area contributed by atoms with Crippen LogP contribution in [0.3, 0.4) is 0 Å². The number of fused-ring (bicyclic) bond motifs is 1. The van der Waals surface area contributed by atoms with Gasteiger partial charge in [-0.3, -0.25) is 10.8 Å². The van der Waals surface area contributed by atoms with Gasteiger partial charge in [0, 0.05) is 31.3 Å². The first-order valence-corrected chi connectivity index (χ1v) is 38.8. The lowest BCUT2D eigenvalue weighted by Crippen LogP contribution is -2.34. The highest BCUT2D eigenvalue weighted by Gasteiger charge is 2.22. The number of aromatic amines is 1. The van der Waals surface area contributed by atoms with Crippen molar-refractivity contribution in [2.24, 2.45) is 93.9 Å². The highest BCUT2D eigenvalue weighted by molar-refractivity contribution is 5.85. The molecule has 1 aliphatic carbocycles. The third-order valence-electron chi connectivity index (χ3n) is 16.7. The maximum absolute atomic E-state index is 11.0. The number of amidine groups is 2. The molecule has 1 amide bonds. The van der Waals surface area contributed by atoms with E-state index in [0.29, 0.717) is 36.0 Å². The minimum absolute atomic E-state index is 0.304. The van der Waals surface area contributed by atoms with Gasteiger partial charge in [-0.05, 0) is 241 Å². The van der Waals surface area contributed by atoms with E-state index in [4.69, 9.17) is 38.5 Å². The van der Waals surface area contributed by atoms with Gasteiger partial charge in [0.15, 0.2) is 0 Å². The van der Waals surface area contributed by atoms with Crippen molar-refractivity contribution in [1.29, 1.82) is 10.8 Å². The molecule has 7 rings (SSSR count). The highest BCUT2D eigenvalue weighted by atomic mass is 16.6. The molecule has 0 unspecified atom stereocenters. The normalized spacial score (nSPS) is 14.2. The van der Waals surface area contributed by atoms with E-state index >= 15 is 0 Å². The Labute approximate surface area is 610 Å². The van der Waals surface area contributed by atoms with Gasteiger partial charge in [-0.1, -0.05) is 248 Å². The summed E-state index contributed by atoms with van der Waals surface area (Å²) in [6.45, 7) is 54.7. The van der Waals surface area contributed by atoms with Crippen LogP contribution in [-0.2, 0) is 24.0 Å². The maximum Gasteiger partial charge on any atom is 0.407 e. The second-order valence-electron chi connectivity index (χ2n) is 32.4. The number of carbonyl (C=O) groups is 1. The summed E-state index contributed by atoms with van der Waals surface area (Å²) >= 11 is 0. The van der Waals surface area contributed by atoms with E-state index in [1.807, 2.05) is 40.8 Å². The molecule has 0 radical (unpaired) electrons. The number of ether oxygens (including phenoxy) is 1. The Kier molecular flexibility index (Phi) is 60.3. The minimum atomic E-state index is -0.402. The van der Waals surface area contributed by atoms with E-state index in [1.54, 1.807) is 6.33 Å². The van der Waals surface area contributed by atoms with Crippen LogP contribution in [0.4, 0.5) is 4.79 Å². The number of alkyl carbamates (subject to hydrolysis) is 1. The van der Waals surface area contributed by atoms with Crippen molar-refractivity contribution in [3.63, 3.8) is 0 Å². The lowest BCUT2D eigenvalue weighted by molar-refractivity contribution is 0.0521. The molecule has 0 spiro atoms. The number of amides is 1. The van der Waals surface area contributed by atoms with Gasteiger partial charge >= 0.3 is 6.09 Å². The molecule has 2 fully saturated rings. The van der Waals surface area contributed by atoms with Gasteiger partial charge in [0.25, 0.3) is 0 Å². The predicted molar refractivity (Wildman–Crippen MR) is 438 cm³/mol. The summed E-state index contributed by atoms with van der Waals surface area (Å²) in [5.74, 6) is 10.8. The fraction of sp³-hybridized carbons (Fsp3) is 0.678. The standard InChI is InChI=1S/C14H16.C11H16.C10H21N.C10H14.C9H19NO2.C8H17N.C7H16N2.C6H10N2.C6H14N2.C6H15N/c1-11(2)10-13-8-5-7-12-6-3-4-9-14(12)13;1-10(2)8-9-11-6-4-3-5-7-11;1-8(2)10-5-3-9(7-11)4-6-10;1-9(2)8-10-6-4-3-5-7-10;1-7(2)6-10-8(11)12-9(3,4)5;1-7(2)8-3-5-9-6-4-8;1-6(2)4-3-5-7(8)9;1-5(2)6-3-7-4-8-6;1-5(2)3-4-6(7)8;1-6(2)4-3-5-7/h3-9,11H,10H2,1-2H3;3-7,10H,8-9H2,1-2H3;8-10H,3-7,11H2,1-2H3;3-7,9H,8H2,1-2H3;7H,6H2,1-5H3,(H,10,11);7-9H,3-6H2,1-2H3;6H,3-5H2,1-2H3,(H3,8,9);3-5H,1-2H3,(H,7,8);5H,3-4H2,1-2H3,(H3,7,8);6H,3-5,7H2,1-2H3. The number of piperidine rings is 1. The number of rotatable bonds is 23. The third-order valence-corrected chi connectivity index (χ3v) is 16.7. The van der Waals surface area contributed by atoms with E-state index in [9.17, 15) is 4.79 Å². The Bertz CT molecular complexity index is 2590. The number of nitrogens with zero attached hydrogens (tertiary/aromatic N) is 1. The number of imidazole rings is 1. The second kappa shape index (κ2) is 61.1. The van der Waals surface area contributed by atoms with E-state index < -0.39 is 5.60 Å². The Morgan fingerprint density at radius 3 is 1.40 bits per heavy atom. The summed E-state index contributed by atoms with van der Waals surface area (Å²) in [6.07, 6.45) is 23.7. The zero-order valence-corrected chi connectivity index (χ0v) is 68.1. The van der Waals surface area contributed by atoms with Crippen LogP contribution in [0.25, 0.3) is 10.8 Å². The summed E-state index contributed by atoms with van der Waals surface area (Å²) in [5, 5.41) is 22.6. The Morgan fingerprint density at radius 1 is 0.545 bits per heavy atom. The Morgan fingerprint density at radius 2 is 1.02 bits per heavy atom. The van der Waals surface area contributed by atoms with Gasteiger partial charge in [-0.25, -0.2) is 9.78 Å². The lowest BCUT2D eigenvalue weighted by Gasteiger charge is -2.29. The topological polar surface area (TPSA) is 231 Å². The smallest absolute Gasteiger partial charge is 0.407 e. The SMILES string of the molecule is CC(C)C1CCC(CN)CC1.CC(C)C1CCNCC1.CC(C)CCC(=N)N.CC(C)CCCC(=N)N.CC(C)CCCN.CC(C)CCc1ccccc1.CC(C)CNC(=O)OC(C)(C)C.CC(C)Cc1cccc2ccccc12.CC(C)Cc1ccccc1.CC(C)c1cnc[nH]1. The highest BCUT2D eigenvalue weighted by Crippen LogP contribution is 2.32. The molecule has 1 saturated carbocycles. The number of H-pyrrole nitrogens is 1. The van der Waals surface area contributed by atoms with Gasteiger partial charge in [-0.15, -0.1) is 0 Å². The second-order valence-corrected chi connectivity index (χ2v) is 32.4. The van der Waals surface area contributed by atoms with Gasteiger partial charge in [-0.2, -0.15) is 0 Å². The zero-order chi connectivity index (χ0) is 75.7. The molecule has 12 nitrogen and oxygen atoms in total. The molecule has 1 aromatic heterocycles. The molecule has 2 aliphatic rings. The van der Waals surface area contributed by atoms with Gasteiger partial charge in [0.05, 0.1) is 18.0 Å². The molecular weight excluding hydrogens is 1220 g/mol. The summed E-state index contributed by atoms with van der Waals surface area (Å²) in [6, 6.07) is 36.5. The van der Waals surface area contributed by atoms with Crippen LogP contribution in [0.5, 0.6) is 0 Å². The quantitative estimate of drug-likeness (QED) is 0.0225. The van der Waals surface area contributed by atoms with E-state index in [1.165, 1.54) is 130 Å². The van der Waals surface area contributed by atoms with Crippen LogP contribution < -0.4 is 33.6 Å². The number of aryl methyl sites for hydroxylation is 1. The Hall–Kier alpha value is -5.56. The molecule has 1 saturated heterocycles. The monoisotopic (exact) mass is 1380 g/mol. The summed E-state index contributed by atoms with van der Waals surface area (Å²) in [7, 11) is 0. The number of benzene rings is 4. The maximum atomic E-state index is 11.0. The van der Waals surface area contributed by atoms with Crippen LogP contribution in [0.1, 0.15) is 277 Å². The van der Waals surface area contributed by atoms with Crippen molar-refractivity contribution < 1.29 is 9.53 Å². The molecule has 13 N–H and O–H groups in total. The number of hydrogen-bond donors (Lipinski definition) is 9. The lowest BCUT2D eigenvalue weighted by atomic mass is 9.77. The number of hydrogen-bond acceptors (Lipinski definition) is 8. The van der Waals surface area contributed by atoms with Crippen molar-refractivity contribution in [2.45, 2.75) is 280 Å². The third kappa shape index (κ3) is 64.3. The van der Waals surface area contributed by atoms with Crippen LogP contribution in [0.2, 0.25) is 0 Å². The first-order valence-electron chi connectivity index (χ1n) is 38.8. The zero-order valence-electron chi connectivity index (χ0n) is 68.1. The largest absolute Gasteiger partial charge is 0.444 e. The predicted octanol–water partition coefficient (Wildman–Crippen LogP) is 22.4. The van der Waals surface area contributed by atoms with Gasteiger partial charge < -0.3 is 43.3 Å². The molecule has 0 atom stereocenters. The number of aromatic nitrogens is 2. The van der Waals surface area contributed by atoms with Crippen molar-refractivity contribution in [1.82, 2.24) is 20.6 Å². The van der Waals surface area contributed by atoms with Crippen LogP contribution in [0, 0.1) is 81.8 Å². The van der Waals surface area contributed by atoms with Crippen molar-refractivity contribution in [2.75, 3.05) is 32.7 Å². The molecule has 568 valence electrons. The number of nitrogens with one attached hydrogen (secondary N) is 5. The fourth-order valence-electron chi connectivity index (χ4n) is 10.6. The molecule has 2 heterocycles. The number of carbonyl (C=O) groups excluding carboxylic acids is 1. The van der Waals surface area contributed by atoms with Crippen LogP contribution >= 0.6 is 0 Å². The molecule has 4 aromatic carbocycles. The molecule has 12 heteroatoms. The first kappa shape index (κ1) is 97.6. The van der Waals surface area contributed by atoms with Crippen LogP contribution in [0.15, 0.2) is 116 Å². The van der Waals surface area contributed by atoms with E-state index in [-0.39, 0.29) is 6.09 Å². The molecular formula is C87H158N10O2. The molecule has 5 aromatic rings. The molecule has 0 bridgehead atoms. The van der Waals surface area contributed by atoms with E-state index in [0.717, 1.165) is 98.0 Å². The van der Waals surface area contributed by atoms with Gasteiger partial charge in [0.2, 0.25) is 0 Å². The first-order chi connectivity index (χ1) is 46.5. The minimum Gasteiger partial charge on any atom is -0.444 e. The van der Waals surface area contributed by atoms with E-state index in [2.05, 4.69) is 248 Å². The molecule has 1 aliphatic heterocycles. The van der Waals surface area contributed by atoms with Crippen molar-refractivity contribution >= 4 is 28.5 Å². The summed E-state index contributed by atoms with van der Waals surface area (Å²) in [4.78, 5) is 17.9. The summed E-state index contributed by atoms with van der Waals surface area (Å²) < 4.78 is 5.04. The average Bonchev–Trinajstić information content (AvgIpc) is 1.23. The van der Waals surface area contributed by atoms with Crippen molar-refractivity contribution in [3.05, 3.63) is 138 Å². The van der Waals surface area contributed by atoms with Crippen molar-refractivity contribution in [3.8, 4) is 0 Å². The molecule has 99 heavy (non-hydrogen) atoms. The fourth-order valence-corrected chi connectivity index (χ4v) is 10.6. The number of nitrogens with two attached hydrogens (primary N) is 4. The average molecular weight is 1380 g/mol. The summed E-state index contributed by atoms with van der Waals surface area (Å²) in [5.41, 5.74) is 26.4. The van der Waals surface area contributed by atoms with Gasteiger partial charge in [0.1, 0.15) is 5.60 Å². The van der Waals surface area contributed by atoms with Crippen LogP contribution in [-0.4, -0.2) is 66.1 Å².